The molecule has 0 aliphatic carbocycles. The number of hydrogen-bond donors (Lipinski definition) is 2. The molecule has 0 heterocycles. The maximum Gasteiger partial charge on any atom is 0.408 e. The van der Waals surface area contributed by atoms with Crippen LogP contribution < -0.4 is 10.6 Å². The molecule has 1 atom stereocenters. The van der Waals surface area contributed by atoms with E-state index in [1.165, 1.54) is 6.92 Å². The van der Waals surface area contributed by atoms with Gasteiger partial charge in [-0.25, -0.2) is 4.79 Å². The van der Waals surface area contributed by atoms with E-state index in [0.29, 0.717) is 0 Å². The molecule has 0 unspecified atom stereocenters. The van der Waals surface area contributed by atoms with Crippen molar-refractivity contribution in [3.8, 4) is 0 Å². The summed E-state index contributed by atoms with van der Waals surface area (Å²) >= 11 is 0. The van der Waals surface area contributed by atoms with Gasteiger partial charge in [-0.15, -0.1) is 0 Å². The number of ether oxygens (including phenoxy) is 2. The molecule has 0 spiro atoms. The smallest absolute Gasteiger partial charge is 0.408 e. The maximum atomic E-state index is 11.9. The van der Waals surface area contributed by atoms with Crippen molar-refractivity contribution in [3.63, 3.8) is 0 Å². The quantitative estimate of drug-likeness (QED) is 0.695. The zero-order valence-electron chi connectivity index (χ0n) is 15.0. The van der Waals surface area contributed by atoms with Gasteiger partial charge < -0.3 is 20.1 Å². The van der Waals surface area contributed by atoms with Crippen LogP contribution in [0.2, 0.25) is 0 Å². The van der Waals surface area contributed by atoms with Crippen molar-refractivity contribution in [2.24, 2.45) is 0 Å². The van der Waals surface area contributed by atoms with Gasteiger partial charge in [-0.3, -0.25) is 9.59 Å². The molecule has 0 aliphatic rings. The molecule has 2 aromatic carbocycles. The average Bonchev–Trinajstić information content (AvgIpc) is 2.70. The van der Waals surface area contributed by atoms with Gasteiger partial charge in [-0.05, 0) is 18.1 Å². The minimum Gasteiger partial charge on any atom is -0.460 e. The lowest BCUT2D eigenvalue weighted by Crippen LogP contribution is -2.46. The molecule has 0 fully saturated rings. The third kappa shape index (κ3) is 7.60. The normalized spacial score (nSPS) is 11.1. The number of benzene rings is 2. The van der Waals surface area contributed by atoms with Gasteiger partial charge in [0, 0.05) is 0 Å². The van der Waals surface area contributed by atoms with Crippen LogP contribution in [0, 0.1) is 0 Å². The van der Waals surface area contributed by atoms with Gasteiger partial charge in [0.2, 0.25) is 5.91 Å². The van der Waals surface area contributed by atoms with E-state index in [4.69, 9.17) is 9.47 Å². The highest BCUT2D eigenvalue weighted by atomic mass is 16.5. The lowest BCUT2D eigenvalue weighted by atomic mass is 10.2. The second-order valence-corrected chi connectivity index (χ2v) is 5.79. The zero-order valence-corrected chi connectivity index (χ0v) is 15.0. The summed E-state index contributed by atoms with van der Waals surface area (Å²) in [5, 5.41) is 4.82. The molecular formula is C20H22N2O5. The number of amides is 2. The van der Waals surface area contributed by atoms with Crippen molar-refractivity contribution < 1.29 is 23.9 Å². The van der Waals surface area contributed by atoms with Crippen molar-refractivity contribution in [1.82, 2.24) is 10.6 Å². The predicted octanol–water partition coefficient (Wildman–Crippen LogP) is 2.16. The Kier molecular flexibility index (Phi) is 7.84. The summed E-state index contributed by atoms with van der Waals surface area (Å²) < 4.78 is 10.1. The highest BCUT2D eigenvalue weighted by Crippen LogP contribution is 2.01. The summed E-state index contributed by atoms with van der Waals surface area (Å²) in [7, 11) is 0. The van der Waals surface area contributed by atoms with E-state index in [0.717, 1.165) is 11.1 Å². The third-order valence-corrected chi connectivity index (χ3v) is 3.59. The fraction of sp³-hybridized carbons (Fsp3) is 0.250. The van der Waals surface area contributed by atoms with Crippen LogP contribution in [-0.4, -0.2) is 30.6 Å². The van der Waals surface area contributed by atoms with Crippen molar-refractivity contribution >= 4 is 18.0 Å². The summed E-state index contributed by atoms with van der Waals surface area (Å²) in [6, 6.07) is 17.5. The second-order valence-electron chi connectivity index (χ2n) is 5.79. The fourth-order valence-electron chi connectivity index (χ4n) is 2.11. The molecule has 7 heteroatoms. The van der Waals surface area contributed by atoms with E-state index in [2.05, 4.69) is 10.6 Å². The first-order valence-corrected chi connectivity index (χ1v) is 8.49. The number of carbonyl (C=O) groups is 3. The lowest BCUT2D eigenvalue weighted by Gasteiger charge is -2.14. The minimum absolute atomic E-state index is 0.104. The molecule has 0 radical (unpaired) electrons. The summed E-state index contributed by atoms with van der Waals surface area (Å²) in [6.45, 7) is 1.45. The van der Waals surface area contributed by atoms with Gasteiger partial charge in [-0.1, -0.05) is 60.7 Å². The Hall–Kier alpha value is -3.35. The molecule has 0 aliphatic heterocycles. The van der Waals surface area contributed by atoms with E-state index >= 15 is 0 Å². The minimum atomic E-state index is -0.852. The Bertz CT molecular complexity index is 749. The van der Waals surface area contributed by atoms with Crippen LogP contribution >= 0.6 is 0 Å². The van der Waals surface area contributed by atoms with Crippen LogP contribution in [-0.2, 0) is 32.3 Å². The molecule has 7 nitrogen and oxygen atoms in total. The Morgan fingerprint density at radius 1 is 0.852 bits per heavy atom. The maximum absolute atomic E-state index is 11.9. The number of rotatable bonds is 8. The SMILES string of the molecule is C[C@H](NC(=O)OCc1ccccc1)C(=O)NCC(=O)OCc1ccccc1. The summed E-state index contributed by atoms with van der Waals surface area (Å²) in [5.74, 6) is -1.07. The molecule has 2 rings (SSSR count). The number of carbonyl (C=O) groups excluding carboxylic acids is 3. The van der Waals surface area contributed by atoms with Gasteiger partial charge in [0.25, 0.3) is 0 Å². The van der Waals surface area contributed by atoms with Crippen molar-refractivity contribution in [2.75, 3.05) is 6.54 Å². The molecule has 2 N–H and O–H groups in total. The Morgan fingerprint density at radius 3 is 1.93 bits per heavy atom. The predicted molar refractivity (Wildman–Crippen MR) is 98.5 cm³/mol. The van der Waals surface area contributed by atoms with E-state index in [1.54, 1.807) is 0 Å². The second kappa shape index (κ2) is 10.6. The van der Waals surface area contributed by atoms with Crippen molar-refractivity contribution in [1.29, 1.82) is 0 Å². The monoisotopic (exact) mass is 370 g/mol. The molecular weight excluding hydrogens is 348 g/mol. The molecule has 0 saturated carbocycles. The molecule has 0 aromatic heterocycles. The first-order valence-electron chi connectivity index (χ1n) is 8.49. The number of esters is 1. The van der Waals surface area contributed by atoms with Crippen LogP contribution in [0.5, 0.6) is 0 Å². The fourth-order valence-corrected chi connectivity index (χ4v) is 2.11. The largest absolute Gasteiger partial charge is 0.460 e. The molecule has 2 amide bonds. The lowest BCUT2D eigenvalue weighted by molar-refractivity contribution is -0.145. The van der Waals surface area contributed by atoms with Gasteiger partial charge in [0.15, 0.2) is 0 Å². The molecule has 2 aromatic rings. The molecule has 27 heavy (non-hydrogen) atoms. The topological polar surface area (TPSA) is 93.7 Å². The average molecular weight is 370 g/mol. The van der Waals surface area contributed by atoms with Crippen LogP contribution in [0.1, 0.15) is 18.1 Å². The number of alkyl carbamates (subject to hydrolysis) is 1. The van der Waals surface area contributed by atoms with Crippen LogP contribution in [0.4, 0.5) is 4.79 Å². The summed E-state index contributed by atoms with van der Waals surface area (Å²) in [6.07, 6.45) is -0.715. The highest BCUT2D eigenvalue weighted by molar-refractivity contribution is 5.87. The Morgan fingerprint density at radius 2 is 1.37 bits per heavy atom. The van der Waals surface area contributed by atoms with Gasteiger partial charge in [0.1, 0.15) is 25.8 Å². The van der Waals surface area contributed by atoms with Crippen molar-refractivity contribution in [2.45, 2.75) is 26.2 Å². The first-order chi connectivity index (χ1) is 13.0. The number of hydrogen-bond acceptors (Lipinski definition) is 5. The van der Waals surface area contributed by atoms with Gasteiger partial charge in [-0.2, -0.15) is 0 Å². The van der Waals surface area contributed by atoms with Gasteiger partial charge in [0.05, 0.1) is 0 Å². The highest BCUT2D eigenvalue weighted by Gasteiger charge is 2.17. The van der Waals surface area contributed by atoms with Crippen LogP contribution in [0.25, 0.3) is 0 Å². The number of nitrogens with one attached hydrogen (secondary N) is 2. The molecule has 142 valence electrons. The van der Waals surface area contributed by atoms with E-state index < -0.39 is 24.0 Å². The van der Waals surface area contributed by atoms with E-state index in [1.807, 2.05) is 60.7 Å². The van der Waals surface area contributed by atoms with Crippen LogP contribution in [0.15, 0.2) is 60.7 Å². The van der Waals surface area contributed by atoms with E-state index in [9.17, 15) is 14.4 Å². The van der Waals surface area contributed by atoms with Gasteiger partial charge >= 0.3 is 12.1 Å². The first kappa shape index (κ1) is 20.0. The Balaban J connectivity index is 1.64. The zero-order chi connectivity index (χ0) is 19.5. The standard InChI is InChI=1S/C20H22N2O5/c1-15(22-20(25)27-14-17-10-6-3-7-11-17)19(24)21-12-18(23)26-13-16-8-4-2-5-9-16/h2-11,15H,12-14H2,1H3,(H,21,24)(H,22,25)/t15-/m0/s1. The van der Waals surface area contributed by atoms with Crippen molar-refractivity contribution in [3.05, 3.63) is 71.8 Å². The molecule has 0 bridgehead atoms. The summed E-state index contributed by atoms with van der Waals surface area (Å²) in [5.41, 5.74) is 1.69. The molecule has 0 saturated heterocycles. The van der Waals surface area contributed by atoms with E-state index in [-0.39, 0.29) is 19.8 Å². The van der Waals surface area contributed by atoms with Crippen LogP contribution in [0.3, 0.4) is 0 Å². The summed E-state index contributed by atoms with van der Waals surface area (Å²) in [4.78, 5) is 35.3. The third-order valence-electron chi connectivity index (χ3n) is 3.59. The Labute approximate surface area is 157 Å².